The first-order valence-corrected chi connectivity index (χ1v) is 17.0. The Hall–Kier alpha value is -6.91. The van der Waals surface area contributed by atoms with Crippen molar-refractivity contribution in [2.75, 3.05) is 0 Å². The van der Waals surface area contributed by atoms with Crippen LogP contribution in [0, 0.1) is 75.6 Å². The van der Waals surface area contributed by atoms with Gasteiger partial charge >= 0.3 is 7.32 Å². The van der Waals surface area contributed by atoms with Crippen molar-refractivity contribution < 1.29 is 71.0 Å². The number of hydrogen-bond donors (Lipinski definition) is 0. The summed E-state index contributed by atoms with van der Waals surface area (Å²) in [6, 6.07) is 10.5. The first kappa shape index (κ1) is 36.4. The fraction of sp³-hybridized carbons (Fsp3) is 0. The summed E-state index contributed by atoms with van der Waals surface area (Å²) in [6.45, 7) is 0. The molecule has 0 saturated heterocycles. The fourth-order valence-electron chi connectivity index (χ4n) is 7.87. The zero-order valence-electron chi connectivity index (χ0n) is 28.6. The summed E-state index contributed by atoms with van der Waals surface area (Å²) in [5.74, 6) is -25.8. The maximum Gasteiger partial charge on any atom is 0.864 e. The SMILES string of the molecule is Fc1cc(F)c2c(F)ccc(OB(Oc3c(F)c(F)c4c(F)c(F)c5c(F)ccc6ccc3c4c65)Oc3c(F)c(F)c4c(F)c(F)c5c(F)ccc6ccc3c4c65)c2c1. The Balaban J connectivity index is 1.25. The van der Waals surface area contributed by atoms with E-state index in [1.54, 1.807) is 0 Å². The normalized spacial score (nSPS) is 12.2. The van der Waals surface area contributed by atoms with E-state index >= 15 is 43.9 Å². The minimum Gasteiger partial charge on any atom is -0.489 e. The van der Waals surface area contributed by atoms with Gasteiger partial charge in [0.05, 0.1) is 26.9 Å². The molecule has 292 valence electrons. The van der Waals surface area contributed by atoms with Crippen molar-refractivity contribution in [3.63, 3.8) is 0 Å². The van der Waals surface area contributed by atoms with Crippen LogP contribution in [0.2, 0.25) is 0 Å². The lowest BCUT2D eigenvalue weighted by molar-refractivity contribution is 0.294. The highest BCUT2D eigenvalue weighted by Gasteiger charge is 2.39. The van der Waals surface area contributed by atoms with Crippen LogP contribution >= 0.6 is 0 Å². The Morgan fingerprint density at radius 2 is 0.712 bits per heavy atom. The molecule has 0 spiro atoms. The van der Waals surface area contributed by atoms with Crippen LogP contribution in [0.15, 0.2) is 72.8 Å². The van der Waals surface area contributed by atoms with Gasteiger partial charge in [-0.25, -0.2) is 48.3 Å². The summed E-state index contributed by atoms with van der Waals surface area (Å²) in [4.78, 5) is 0. The largest absolute Gasteiger partial charge is 0.864 e. The maximum atomic E-state index is 16.2. The van der Waals surface area contributed by atoms with Gasteiger partial charge in [-0.3, -0.25) is 0 Å². The first-order chi connectivity index (χ1) is 28.2. The Labute approximate surface area is 319 Å². The molecule has 0 bridgehead atoms. The van der Waals surface area contributed by atoms with Gasteiger partial charge in [0, 0.05) is 43.8 Å². The van der Waals surface area contributed by atoms with Crippen molar-refractivity contribution in [3.8, 4) is 17.2 Å². The molecule has 3 nitrogen and oxygen atoms in total. The number of halogens is 13. The van der Waals surface area contributed by atoms with E-state index in [2.05, 4.69) is 0 Å². The third-order valence-electron chi connectivity index (χ3n) is 10.3. The molecule has 0 amide bonds. The minimum absolute atomic E-state index is 0.0203. The molecule has 17 heteroatoms. The van der Waals surface area contributed by atoms with Gasteiger partial charge in [0.15, 0.2) is 58.0 Å². The van der Waals surface area contributed by atoms with Crippen molar-refractivity contribution in [1.82, 2.24) is 0 Å². The summed E-state index contributed by atoms with van der Waals surface area (Å²) in [5, 5.41) is -9.29. The molecular weight excluding hydrogens is 810 g/mol. The highest BCUT2D eigenvalue weighted by Crippen LogP contribution is 2.48. The smallest absolute Gasteiger partial charge is 0.489 e. The van der Waals surface area contributed by atoms with E-state index in [4.69, 9.17) is 14.0 Å². The molecule has 0 aliphatic carbocycles. The van der Waals surface area contributed by atoms with Crippen LogP contribution in [0.3, 0.4) is 0 Å². The number of rotatable bonds is 6. The van der Waals surface area contributed by atoms with Crippen molar-refractivity contribution in [3.05, 3.63) is 148 Å². The zero-order valence-corrected chi connectivity index (χ0v) is 28.6. The summed E-state index contributed by atoms with van der Waals surface area (Å²) in [5.41, 5.74) is 0. The Morgan fingerprint density at radius 3 is 1.20 bits per heavy atom. The van der Waals surface area contributed by atoms with Gasteiger partial charge in [-0.15, -0.1) is 0 Å². The van der Waals surface area contributed by atoms with Crippen LogP contribution in [0.1, 0.15) is 0 Å². The van der Waals surface area contributed by atoms with E-state index in [-0.39, 0.29) is 10.8 Å². The predicted octanol–water partition coefficient (Wildman–Crippen LogP) is 13.0. The first-order valence-electron chi connectivity index (χ1n) is 17.0. The van der Waals surface area contributed by atoms with Gasteiger partial charge in [-0.2, -0.15) is 8.78 Å². The molecule has 10 aromatic rings. The molecule has 0 saturated carbocycles. The summed E-state index contributed by atoms with van der Waals surface area (Å²) >= 11 is 0. The lowest BCUT2D eigenvalue weighted by atomic mass is 9.91. The quantitative estimate of drug-likeness (QED) is 0.0950. The predicted molar refractivity (Wildman–Crippen MR) is 191 cm³/mol. The maximum absolute atomic E-state index is 16.2. The highest BCUT2D eigenvalue weighted by molar-refractivity contribution is 6.41. The zero-order chi connectivity index (χ0) is 41.5. The van der Waals surface area contributed by atoms with Gasteiger partial charge in [-0.05, 0) is 53.2 Å². The van der Waals surface area contributed by atoms with E-state index < -0.39 is 165 Å². The average molecular weight is 822 g/mol. The lowest BCUT2D eigenvalue weighted by Crippen LogP contribution is -2.38. The molecule has 59 heavy (non-hydrogen) atoms. The number of benzene rings is 10. The van der Waals surface area contributed by atoms with Gasteiger partial charge in [0.1, 0.15) is 34.8 Å². The Bertz CT molecular complexity index is 3310. The number of fused-ring (bicyclic) bond motifs is 1. The summed E-state index contributed by atoms with van der Waals surface area (Å²) in [6.07, 6.45) is 0. The Kier molecular flexibility index (Phi) is 7.75. The second-order valence-electron chi connectivity index (χ2n) is 13.4. The van der Waals surface area contributed by atoms with Crippen molar-refractivity contribution in [1.29, 1.82) is 0 Å². The second-order valence-corrected chi connectivity index (χ2v) is 13.4. The molecule has 0 radical (unpaired) electrons. The van der Waals surface area contributed by atoms with Crippen LogP contribution in [0.4, 0.5) is 57.1 Å². The van der Waals surface area contributed by atoms with Crippen LogP contribution < -0.4 is 14.0 Å². The molecule has 0 aliphatic heterocycles. The molecule has 10 rings (SSSR count). The van der Waals surface area contributed by atoms with Gasteiger partial charge in [0.2, 0.25) is 0 Å². The van der Waals surface area contributed by atoms with E-state index in [0.717, 1.165) is 42.5 Å². The molecular formula is C42H12BF13O3. The van der Waals surface area contributed by atoms with E-state index in [9.17, 15) is 13.2 Å². The fourth-order valence-corrected chi connectivity index (χ4v) is 7.87. The standard InChI is InChI=1S/C42H12BF13O3/c44-15-11-18-23(10-9-19(45)26(18)22(48)12-15)57-43(58-41-16-5-1-13-3-7-20(46)29-24(13)27(16)31(35(51)33(29)49)37(53)39(41)55)59-42-17-6-2-14-4-8-21(47)30-25(14)28(17)32(36(52)34(30)50)38(54)40(42)56/h1-12H. The van der Waals surface area contributed by atoms with Crippen LogP contribution in [-0.4, -0.2) is 7.32 Å². The minimum atomic E-state index is -2.79. The molecule has 0 aromatic heterocycles. The van der Waals surface area contributed by atoms with Crippen molar-refractivity contribution in [2.24, 2.45) is 0 Å². The van der Waals surface area contributed by atoms with E-state index in [0.29, 0.717) is 18.2 Å². The molecule has 0 heterocycles. The van der Waals surface area contributed by atoms with Crippen molar-refractivity contribution in [2.45, 2.75) is 0 Å². The topological polar surface area (TPSA) is 27.7 Å². The summed E-state index contributed by atoms with van der Waals surface area (Å²) < 4.78 is 217. The van der Waals surface area contributed by atoms with Crippen LogP contribution in [-0.2, 0) is 0 Å². The van der Waals surface area contributed by atoms with Gasteiger partial charge < -0.3 is 14.0 Å². The average Bonchev–Trinajstić information content (AvgIpc) is 3.20. The lowest BCUT2D eigenvalue weighted by Gasteiger charge is -2.23. The third-order valence-corrected chi connectivity index (χ3v) is 10.3. The second kappa shape index (κ2) is 12.5. The summed E-state index contributed by atoms with van der Waals surface area (Å²) in [7, 11) is -2.79. The Morgan fingerprint density at radius 1 is 0.305 bits per heavy atom. The molecule has 10 aromatic carbocycles. The van der Waals surface area contributed by atoms with Crippen LogP contribution in [0.5, 0.6) is 17.2 Å². The molecule has 0 fully saturated rings. The molecule has 0 aliphatic rings. The number of hydrogen-bond acceptors (Lipinski definition) is 3. The molecule has 0 N–H and O–H groups in total. The molecule has 0 unspecified atom stereocenters. The third kappa shape index (κ3) is 4.93. The monoisotopic (exact) mass is 822 g/mol. The van der Waals surface area contributed by atoms with E-state index in [1.807, 2.05) is 0 Å². The van der Waals surface area contributed by atoms with Gasteiger partial charge in [0.25, 0.3) is 0 Å². The van der Waals surface area contributed by atoms with Crippen molar-refractivity contribution >= 4 is 82.7 Å². The molecule has 0 atom stereocenters. The highest BCUT2D eigenvalue weighted by atomic mass is 19.2. The van der Waals surface area contributed by atoms with E-state index in [1.165, 1.54) is 12.1 Å². The van der Waals surface area contributed by atoms with Gasteiger partial charge in [-0.1, -0.05) is 24.3 Å². The van der Waals surface area contributed by atoms with Crippen LogP contribution in [0.25, 0.3) is 75.4 Å².